The van der Waals surface area contributed by atoms with Crippen molar-refractivity contribution in [3.63, 3.8) is 0 Å². The third-order valence-corrected chi connectivity index (χ3v) is 8.46. The van der Waals surface area contributed by atoms with Crippen molar-refractivity contribution in [1.82, 2.24) is 9.62 Å². The number of hydrogen-bond donors (Lipinski definition) is 1. The van der Waals surface area contributed by atoms with Gasteiger partial charge >= 0.3 is 0 Å². The summed E-state index contributed by atoms with van der Waals surface area (Å²) in [5, 5.41) is 3.10. The quantitative estimate of drug-likeness (QED) is 0.696. The van der Waals surface area contributed by atoms with Crippen molar-refractivity contribution in [2.45, 2.75) is 49.5 Å². The zero-order valence-corrected chi connectivity index (χ0v) is 20.0. The summed E-state index contributed by atoms with van der Waals surface area (Å²) in [6, 6.07) is 14.5. The Morgan fingerprint density at radius 3 is 2.24 bits per heavy atom. The van der Waals surface area contributed by atoms with Crippen LogP contribution in [0.5, 0.6) is 5.75 Å². The van der Waals surface area contributed by atoms with E-state index in [9.17, 15) is 13.2 Å². The summed E-state index contributed by atoms with van der Waals surface area (Å²) in [6.45, 7) is 2.79. The molecule has 2 aromatic rings. The van der Waals surface area contributed by atoms with E-state index in [0.29, 0.717) is 18.7 Å². The van der Waals surface area contributed by atoms with Gasteiger partial charge in [0.25, 0.3) is 5.91 Å². The fraction of sp³-hybridized carbons (Fsp3) is 0.480. The highest BCUT2D eigenvalue weighted by Crippen LogP contribution is 2.24. The number of benzene rings is 2. The largest absolute Gasteiger partial charge is 0.497 e. The van der Waals surface area contributed by atoms with E-state index in [4.69, 9.17) is 4.74 Å². The molecule has 0 aliphatic carbocycles. The number of anilines is 1. The van der Waals surface area contributed by atoms with Crippen LogP contribution in [0.1, 0.15) is 48.9 Å². The number of nitrogens with zero attached hydrogens (tertiary/aromatic N) is 2. The predicted octanol–water partition coefficient (Wildman–Crippen LogP) is 3.66. The minimum Gasteiger partial charge on any atom is -0.497 e. The first-order chi connectivity index (χ1) is 16.0. The molecule has 2 heterocycles. The van der Waals surface area contributed by atoms with Crippen LogP contribution in [0.2, 0.25) is 0 Å². The lowest BCUT2D eigenvalue weighted by molar-refractivity contribution is 0.0931. The number of hydrogen-bond acceptors (Lipinski definition) is 5. The molecule has 178 valence electrons. The van der Waals surface area contributed by atoms with E-state index >= 15 is 0 Å². The predicted molar refractivity (Wildman–Crippen MR) is 129 cm³/mol. The Hall–Kier alpha value is -2.58. The number of nitrogens with one attached hydrogen (secondary N) is 1. The van der Waals surface area contributed by atoms with Crippen LogP contribution >= 0.6 is 0 Å². The van der Waals surface area contributed by atoms with E-state index in [2.05, 4.69) is 10.2 Å². The molecule has 0 aromatic heterocycles. The molecule has 0 saturated carbocycles. The average molecular weight is 472 g/mol. The second-order valence-electron chi connectivity index (χ2n) is 8.78. The molecule has 2 aliphatic heterocycles. The van der Waals surface area contributed by atoms with Gasteiger partial charge < -0.3 is 15.0 Å². The number of carbonyl (C=O) groups excluding carboxylic acids is 1. The molecular weight excluding hydrogens is 438 g/mol. The minimum absolute atomic E-state index is 0.0675. The highest BCUT2D eigenvalue weighted by molar-refractivity contribution is 7.89. The lowest BCUT2D eigenvalue weighted by atomic mass is 10.0. The number of ether oxygens (including phenoxy) is 1. The fourth-order valence-electron chi connectivity index (χ4n) is 4.57. The number of sulfonamides is 1. The molecule has 0 unspecified atom stereocenters. The topological polar surface area (TPSA) is 79.0 Å². The molecule has 2 saturated heterocycles. The molecule has 4 rings (SSSR count). The summed E-state index contributed by atoms with van der Waals surface area (Å²) in [5.41, 5.74) is 1.54. The second kappa shape index (κ2) is 10.6. The maximum atomic E-state index is 13.1. The third-order valence-electron chi connectivity index (χ3n) is 6.57. The number of piperidine rings is 1. The van der Waals surface area contributed by atoms with E-state index in [1.807, 2.05) is 24.3 Å². The van der Waals surface area contributed by atoms with Gasteiger partial charge in [-0.25, -0.2) is 8.42 Å². The molecule has 0 bridgehead atoms. The Morgan fingerprint density at radius 2 is 1.61 bits per heavy atom. The van der Waals surface area contributed by atoms with Gasteiger partial charge in [-0.2, -0.15) is 4.31 Å². The minimum atomic E-state index is -3.58. The molecule has 7 nitrogen and oxygen atoms in total. The molecule has 2 aromatic carbocycles. The van der Waals surface area contributed by atoms with Crippen molar-refractivity contribution in [2.24, 2.45) is 0 Å². The van der Waals surface area contributed by atoms with Crippen LogP contribution in [0.3, 0.4) is 0 Å². The van der Waals surface area contributed by atoms with Gasteiger partial charge in [0, 0.05) is 43.5 Å². The van der Waals surface area contributed by atoms with Crippen LogP contribution in [0.25, 0.3) is 0 Å². The van der Waals surface area contributed by atoms with Gasteiger partial charge in [-0.3, -0.25) is 4.79 Å². The number of amides is 1. The second-order valence-corrected chi connectivity index (χ2v) is 10.7. The van der Waals surface area contributed by atoms with Gasteiger partial charge in [0.15, 0.2) is 0 Å². The van der Waals surface area contributed by atoms with Crippen molar-refractivity contribution in [2.75, 3.05) is 38.2 Å². The molecule has 0 atom stereocenters. The summed E-state index contributed by atoms with van der Waals surface area (Å²) in [5.74, 6) is 0.617. The van der Waals surface area contributed by atoms with Crippen LogP contribution in [-0.4, -0.2) is 58.0 Å². The smallest absolute Gasteiger partial charge is 0.251 e. The number of carbonyl (C=O) groups is 1. The van der Waals surface area contributed by atoms with E-state index in [1.165, 1.54) is 6.07 Å². The van der Waals surface area contributed by atoms with E-state index < -0.39 is 10.0 Å². The van der Waals surface area contributed by atoms with Gasteiger partial charge in [0.05, 0.1) is 12.0 Å². The summed E-state index contributed by atoms with van der Waals surface area (Å²) in [4.78, 5) is 15.4. The van der Waals surface area contributed by atoms with E-state index in [0.717, 1.165) is 63.1 Å². The summed E-state index contributed by atoms with van der Waals surface area (Å²) >= 11 is 0. The van der Waals surface area contributed by atoms with Crippen LogP contribution in [0, 0.1) is 0 Å². The lowest BCUT2D eigenvalue weighted by Gasteiger charge is -2.34. The molecule has 33 heavy (non-hydrogen) atoms. The van der Waals surface area contributed by atoms with E-state index in [1.54, 1.807) is 29.6 Å². The van der Waals surface area contributed by atoms with Crippen molar-refractivity contribution in [1.29, 1.82) is 0 Å². The summed E-state index contributed by atoms with van der Waals surface area (Å²) in [7, 11) is -1.92. The molecule has 0 radical (unpaired) electrons. The molecule has 1 N–H and O–H groups in total. The van der Waals surface area contributed by atoms with Crippen LogP contribution < -0.4 is 15.0 Å². The normalized spacial score (nSPS) is 18.5. The van der Waals surface area contributed by atoms with Gasteiger partial charge in [-0.15, -0.1) is 0 Å². The molecule has 8 heteroatoms. The van der Waals surface area contributed by atoms with Gasteiger partial charge in [-0.05, 0) is 68.1 Å². The molecule has 1 amide bonds. The first-order valence-electron chi connectivity index (χ1n) is 11.8. The van der Waals surface area contributed by atoms with Gasteiger partial charge in [-0.1, -0.05) is 18.9 Å². The van der Waals surface area contributed by atoms with Crippen LogP contribution in [0.4, 0.5) is 5.69 Å². The SMILES string of the molecule is COc1ccc(N2CCC(NC(=O)c3cccc(S(=O)(=O)N4CCCCCC4)c3)CC2)cc1. The van der Waals surface area contributed by atoms with Crippen molar-refractivity contribution in [3.05, 3.63) is 54.1 Å². The molecular formula is C25H33N3O4S. The van der Waals surface area contributed by atoms with E-state index in [-0.39, 0.29) is 16.8 Å². The molecule has 2 aliphatic rings. The highest BCUT2D eigenvalue weighted by atomic mass is 32.2. The number of methoxy groups -OCH3 is 1. The lowest BCUT2D eigenvalue weighted by Crippen LogP contribution is -2.44. The van der Waals surface area contributed by atoms with Crippen molar-refractivity contribution >= 4 is 21.6 Å². The Labute approximate surface area is 196 Å². The molecule has 0 spiro atoms. The maximum Gasteiger partial charge on any atom is 0.251 e. The summed E-state index contributed by atoms with van der Waals surface area (Å²) < 4.78 is 33.0. The van der Waals surface area contributed by atoms with Crippen molar-refractivity contribution in [3.8, 4) is 5.75 Å². The number of rotatable bonds is 6. The first-order valence-corrected chi connectivity index (χ1v) is 13.2. The Morgan fingerprint density at radius 1 is 0.939 bits per heavy atom. The monoisotopic (exact) mass is 471 g/mol. The Kier molecular flexibility index (Phi) is 7.55. The fourth-order valence-corrected chi connectivity index (χ4v) is 6.14. The third kappa shape index (κ3) is 5.68. The molecule has 2 fully saturated rings. The Balaban J connectivity index is 1.36. The highest BCUT2D eigenvalue weighted by Gasteiger charge is 2.26. The van der Waals surface area contributed by atoms with Crippen LogP contribution in [-0.2, 0) is 10.0 Å². The standard InChI is InChI=1S/C25H33N3O4S/c1-32-23-11-9-22(10-12-23)27-17-13-21(14-18-27)26-25(29)20-7-6-8-24(19-20)33(30,31)28-15-4-2-3-5-16-28/h6-12,19,21H,2-5,13-18H2,1H3,(H,26,29). The maximum absolute atomic E-state index is 13.1. The first kappa shape index (κ1) is 23.6. The Bertz CT molecular complexity index is 1040. The van der Waals surface area contributed by atoms with Crippen molar-refractivity contribution < 1.29 is 17.9 Å². The summed E-state index contributed by atoms with van der Waals surface area (Å²) in [6.07, 6.45) is 5.56. The zero-order valence-electron chi connectivity index (χ0n) is 19.2. The van der Waals surface area contributed by atoms with Gasteiger partial charge in [0.1, 0.15) is 5.75 Å². The zero-order chi connectivity index (χ0) is 23.3. The average Bonchev–Trinajstić information content (AvgIpc) is 3.15. The van der Waals surface area contributed by atoms with Gasteiger partial charge in [0.2, 0.25) is 10.0 Å². The van der Waals surface area contributed by atoms with Crippen LogP contribution in [0.15, 0.2) is 53.4 Å².